The molecule has 3 heteroatoms. The Hall–Kier alpha value is -1.87. The van der Waals surface area contributed by atoms with E-state index < -0.39 is 0 Å². The van der Waals surface area contributed by atoms with Gasteiger partial charge in [0.1, 0.15) is 5.76 Å². The smallest absolute Gasteiger partial charge is 0.179 e. The monoisotopic (exact) mass is 283 g/mol. The van der Waals surface area contributed by atoms with E-state index in [0.29, 0.717) is 6.04 Å². The van der Waals surface area contributed by atoms with Crippen molar-refractivity contribution in [2.24, 2.45) is 0 Å². The first-order valence-electron chi connectivity index (χ1n) is 7.67. The molecule has 1 atom stereocenters. The molecule has 1 saturated carbocycles. The molecule has 0 bridgehead atoms. The van der Waals surface area contributed by atoms with Crippen LogP contribution < -0.4 is 0 Å². The SMILES string of the molecule is CCC(C(=O)c1ccccc1)N(Cc1ccco1)C1CC1. The van der Waals surface area contributed by atoms with E-state index in [2.05, 4.69) is 11.8 Å². The van der Waals surface area contributed by atoms with Crippen molar-refractivity contribution in [3.8, 4) is 0 Å². The summed E-state index contributed by atoms with van der Waals surface area (Å²) in [4.78, 5) is 15.1. The van der Waals surface area contributed by atoms with E-state index in [1.165, 1.54) is 12.8 Å². The van der Waals surface area contributed by atoms with Crippen molar-refractivity contribution in [2.45, 2.75) is 44.8 Å². The average molecular weight is 283 g/mol. The van der Waals surface area contributed by atoms with Crippen molar-refractivity contribution in [1.82, 2.24) is 4.90 Å². The minimum Gasteiger partial charge on any atom is -0.468 e. The molecule has 0 spiro atoms. The van der Waals surface area contributed by atoms with Gasteiger partial charge in [-0.05, 0) is 31.4 Å². The Bertz CT molecular complexity index is 573. The molecule has 1 aromatic heterocycles. The summed E-state index contributed by atoms with van der Waals surface area (Å²) >= 11 is 0. The van der Waals surface area contributed by atoms with Crippen LogP contribution in [-0.4, -0.2) is 22.8 Å². The fourth-order valence-corrected chi connectivity index (χ4v) is 2.85. The Labute approximate surface area is 125 Å². The van der Waals surface area contributed by atoms with Crippen LogP contribution in [-0.2, 0) is 6.54 Å². The Morgan fingerprint density at radius 3 is 2.57 bits per heavy atom. The van der Waals surface area contributed by atoms with Crippen molar-refractivity contribution < 1.29 is 9.21 Å². The first-order valence-corrected chi connectivity index (χ1v) is 7.67. The lowest BCUT2D eigenvalue weighted by atomic mass is 10.0. The minimum atomic E-state index is -0.0648. The van der Waals surface area contributed by atoms with Crippen LogP contribution in [0.2, 0.25) is 0 Å². The van der Waals surface area contributed by atoms with Gasteiger partial charge in [-0.1, -0.05) is 37.3 Å². The fraction of sp³-hybridized carbons (Fsp3) is 0.389. The first-order chi connectivity index (χ1) is 10.3. The number of furan rings is 1. The number of ketones is 1. The summed E-state index contributed by atoms with van der Waals surface area (Å²) in [7, 11) is 0. The number of carbonyl (C=O) groups excluding carboxylic acids is 1. The fourth-order valence-electron chi connectivity index (χ4n) is 2.85. The van der Waals surface area contributed by atoms with Crippen LogP contribution in [0.5, 0.6) is 0 Å². The summed E-state index contributed by atoms with van der Waals surface area (Å²) in [6, 6.07) is 13.9. The first kappa shape index (κ1) is 14.1. The highest BCUT2D eigenvalue weighted by Crippen LogP contribution is 2.32. The highest BCUT2D eigenvalue weighted by atomic mass is 16.3. The molecule has 1 aromatic carbocycles. The number of rotatable bonds is 7. The summed E-state index contributed by atoms with van der Waals surface area (Å²) in [6.45, 7) is 2.80. The maximum atomic E-state index is 12.8. The molecular formula is C18H21NO2. The van der Waals surface area contributed by atoms with E-state index in [1.54, 1.807) is 6.26 Å². The topological polar surface area (TPSA) is 33.5 Å². The van der Waals surface area contributed by atoms with Crippen molar-refractivity contribution in [3.63, 3.8) is 0 Å². The highest BCUT2D eigenvalue weighted by Gasteiger charge is 2.37. The van der Waals surface area contributed by atoms with E-state index in [4.69, 9.17) is 4.42 Å². The third-order valence-corrected chi connectivity index (χ3v) is 4.08. The van der Waals surface area contributed by atoms with Gasteiger partial charge in [-0.15, -0.1) is 0 Å². The third-order valence-electron chi connectivity index (χ3n) is 4.08. The van der Waals surface area contributed by atoms with Crippen molar-refractivity contribution in [3.05, 3.63) is 60.1 Å². The predicted octanol–water partition coefficient (Wildman–Crippen LogP) is 3.91. The van der Waals surface area contributed by atoms with Gasteiger partial charge >= 0.3 is 0 Å². The quantitative estimate of drug-likeness (QED) is 0.722. The molecule has 110 valence electrons. The van der Waals surface area contributed by atoms with Gasteiger partial charge in [0.25, 0.3) is 0 Å². The third kappa shape index (κ3) is 3.24. The lowest BCUT2D eigenvalue weighted by Crippen LogP contribution is -2.41. The Morgan fingerprint density at radius 1 is 1.24 bits per heavy atom. The molecule has 3 nitrogen and oxygen atoms in total. The van der Waals surface area contributed by atoms with Gasteiger partial charge < -0.3 is 4.42 Å². The zero-order chi connectivity index (χ0) is 14.7. The lowest BCUT2D eigenvalue weighted by Gasteiger charge is -2.29. The van der Waals surface area contributed by atoms with Crippen LogP contribution in [0.15, 0.2) is 53.1 Å². The van der Waals surface area contributed by atoms with E-state index in [0.717, 1.165) is 24.3 Å². The number of hydrogen-bond donors (Lipinski definition) is 0. The molecule has 2 aromatic rings. The molecule has 1 aliphatic rings. The molecule has 1 heterocycles. The Kier molecular flexibility index (Phi) is 4.20. The molecule has 1 aliphatic carbocycles. The van der Waals surface area contributed by atoms with E-state index in [9.17, 15) is 4.79 Å². The largest absolute Gasteiger partial charge is 0.468 e. The summed E-state index contributed by atoms with van der Waals surface area (Å²) in [5, 5.41) is 0. The zero-order valence-corrected chi connectivity index (χ0v) is 12.4. The van der Waals surface area contributed by atoms with Gasteiger partial charge in [0.15, 0.2) is 5.78 Å². The van der Waals surface area contributed by atoms with Crippen LogP contribution in [0.1, 0.15) is 42.3 Å². The number of nitrogens with zero attached hydrogens (tertiary/aromatic N) is 1. The number of carbonyl (C=O) groups is 1. The van der Waals surface area contributed by atoms with E-state index in [-0.39, 0.29) is 11.8 Å². The Balaban J connectivity index is 1.80. The van der Waals surface area contributed by atoms with Gasteiger partial charge in [-0.2, -0.15) is 0 Å². The van der Waals surface area contributed by atoms with Crippen LogP contribution in [0, 0.1) is 0 Å². The maximum absolute atomic E-state index is 12.8. The molecule has 0 aliphatic heterocycles. The highest BCUT2D eigenvalue weighted by molar-refractivity contribution is 6.00. The molecule has 0 amide bonds. The number of benzene rings is 1. The van der Waals surface area contributed by atoms with E-state index in [1.807, 2.05) is 42.5 Å². The van der Waals surface area contributed by atoms with Crippen LogP contribution in [0.25, 0.3) is 0 Å². The lowest BCUT2D eigenvalue weighted by molar-refractivity contribution is 0.0770. The minimum absolute atomic E-state index is 0.0648. The van der Waals surface area contributed by atoms with Crippen molar-refractivity contribution in [1.29, 1.82) is 0 Å². The van der Waals surface area contributed by atoms with Gasteiger partial charge in [-0.3, -0.25) is 9.69 Å². The van der Waals surface area contributed by atoms with Crippen molar-refractivity contribution >= 4 is 5.78 Å². The summed E-state index contributed by atoms with van der Waals surface area (Å²) in [6.07, 6.45) is 4.88. The zero-order valence-electron chi connectivity index (χ0n) is 12.4. The van der Waals surface area contributed by atoms with Crippen molar-refractivity contribution in [2.75, 3.05) is 0 Å². The van der Waals surface area contributed by atoms with Crippen LogP contribution in [0.4, 0.5) is 0 Å². The molecule has 21 heavy (non-hydrogen) atoms. The van der Waals surface area contributed by atoms with Gasteiger partial charge in [0, 0.05) is 11.6 Å². The van der Waals surface area contributed by atoms with Gasteiger partial charge in [-0.25, -0.2) is 0 Å². The van der Waals surface area contributed by atoms with Gasteiger partial charge in [0.2, 0.25) is 0 Å². The summed E-state index contributed by atoms with van der Waals surface area (Å²) < 4.78 is 5.47. The normalized spacial score (nSPS) is 16.1. The summed E-state index contributed by atoms with van der Waals surface area (Å²) in [5.74, 6) is 1.15. The second-order valence-electron chi connectivity index (χ2n) is 5.64. The molecule has 0 N–H and O–H groups in total. The molecule has 0 saturated heterocycles. The second kappa shape index (κ2) is 6.27. The van der Waals surface area contributed by atoms with Crippen LogP contribution >= 0.6 is 0 Å². The second-order valence-corrected chi connectivity index (χ2v) is 5.64. The van der Waals surface area contributed by atoms with Gasteiger partial charge in [0.05, 0.1) is 18.8 Å². The van der Waals surface area contributed by atoms with Crippen LogP contribution in [0.3, 0.4) is 0 Å². The molecule has 3 rings (SSSR count). The summed E-state index contributed by atoms with van der Waals surface area (Å²) in [5.41, 5.74) is 0.800. The average Bonchev–Trinajstić information content (AvgIpc) is 3.25. The standard InChI is InChI=1S/C18H21NO2/c1-2-17(18(20)14-7-4-3-5-8-14)19(15-10-11-15)13-16-9-6-12-21-16/h3-9,12,15,17H,2,10-11,13H2,1H3. The maximum Gasteiger partial charge on any atom is 0.179 e. The predicted molar refractivity (Wildman–Crippen MR) is 82.1 cm³/mol. The Morgan fingerprint density at radius 2 is 2.00 bits per heavy atom. The van der Waals surface area contributed by atoms with E-state index >= 15 is 0 Å². The molecular weight excluding hydrogens is 262 g/mol. The number of hydrogen-bond acceptors (Lipinski definition) is 3. The molecule has 1 fully saturated rings. The number of Topliss-reactive ketones (excluding diaryl/α,β-unsaturated/α-hetero) is 1. The molecule has 0 radical (unpaired) electrons. The molecule has 1 unspecified atom stereocenters.